The number of aryl methyl sites for hydroxylation is 1. The van der Waals surface area contributed by atoms with Crippen LogP contribution in [0.3, 0.4) is 0 Å². The van der Waals surface area contributed by atoms with Crippen LogP contribution in [-0.2, 0) is 22.4 Å². The predicted octanol–water partition coefficient (Wildman–Crippen LogP) is 1.97. The van der Waals surface area contributed by atoms with Crippen LogP contribution in [0.5, 0.6) is 0 Å². The van der Waals surface area contributed by atoms with Crippen molar-refractivity contribution >= 4 is 20.9 Å². The van der Waals surface area contributed by atoms with E-state index in [9.17, 15) is 8.42 Å². The summed E-state index contributed by atoms with van der Waals surface area (Å²) in [5.74, 6) is 1.00. The van der Waals surface area contributed by atoms with Gasteiger partial charge in [0, 0.05) is 13.3 Å². The number of nitrogens with one attached hydrogen (secondary N) is 1. The van der Waals surface area contributed by atoms with Gasteiger partial charge in [-0.05, 0) is 44.0 Å². The number of imidazole rings is 1. The van der Waals surface area contributed by atoms with Crippen molar-refractivity contribution in [1.82, 2.24) is 14.9 Å². The topological polar surface area (TPSA) is 64.0 Å². The summed E-state index contributed by atoms with van der Waals surface area (Å²) in [7, 11) is -1.20. The normalized spacial score (nSPS) is 23.0. The molecule has 1 N–H and O–H groups in total. The quantitative estimate of drug-likeness (QED) is 0.941. The van der Waals surface area contributed by atoms with Crippen LogP contribution in [0, 0.1) is 0 Å². The van der Waals surface area contributed by atoms with E-state index in [0.717, 1.165) is 42.7 Å². The van der Waals surface area contributed by atoms with Gasteiger partial charge in [-0.1, -0.05) is 6.92 Å². The van der Waals surface area contributed by atoms with Crippen molar-refractivity contribution in [2.24, 2.45) is 7.05 Å². The van der Waals surface area contributed by atoms with Crippen LogP contribution < -0.4 is 5.32 Å². The number of hydrogen-bond acceptors (Lipinski definition) is 4. The highest BCUT2D eigenvalue weighted by molar-refractivity contribution is 7.90. The second-order valence-corrected chi connectivity index (χ2v) is 7.90. The van der Waals surface area contributed by atoms with Gasteiger partial charge in [0.25, 0.3) is 0 Å². The molecule has 114 valence electrons. The molecule has 0 radical (unpaired) electrons. The molecule has 21 heavy (non-hydrogen) atoms. The zero-order valence-corrected chi connectivity index (χ0v) is 13.5. The van der Waals surface area contributed by atoms with E-state index in [1.165, 1.54) is 6.26 Å². The number of sulfone groups is 1. The van der Waals surface area contributed by atoms with E-state index in [1.807, 2.05) is 13.1 Å². The molecule has 1 atom stereocenters. The molecule has 1 saturated heterocycles. The fourth-order valence-corrected chi connectivity index (χ4v) is 3.94. The molecule has 0 saturated carbocycles. The van der Waals surface area contributed by atoms with Gasteiger partial charge in [0.05, 0.1) is 21.5 Å². The Hall–Kier alpha value is -1.40. The first kappa shape index (κ1) is 14.5. The van der Waals surface area contributed by atoms with E-state index in [4.69, 9.17) is 4.98 Å². The Morgan fingerprint density at radius 1 is 1.43 bits per heavy atom. The van der Waals surface area contributed by atoms with E-state index in [0.29, 0.717) is 4.90 Å². The van der Waals surface area contributed by atoms with Crippen LogP contribution in [0.1, 0.15) is 32.0 Å². The summed E-state index contributed by atoms with van der Waals surface area (Å²) in [6.07, 6.45) is 4.42. The molecule has 5 nitrogen and oxygen atoms in total. The molecule has 1 fully saturated rings. The molecule has 6 heteroatoms. The van der Waals surface area contributed by atoms with Crippen molar-refractivity contribution in [1.29, 1.82) is 0 Å². The van der Waals surface area contributed by atoms with Gasteiger partial charge in [-0.15, -0.1) is 0 Å². The van der Waals surface area contributed by atoms with E-state index >= 15 is 0 Å². The van der Waals surface area contributed by atoms with Gasteiger partial charge in [0.15, 0.2) is 9.84 Å². The average molecular weight is 307 g/mol. The average Bonchev–Trinajstić information content (AvgIpc) is 3.03. The smallest absolute Gasteiger partial charge is 0.175 e. The lowest BCUT2D eigenvalue weighted by Crippen LogP contribution is -2.38. The molecule has 0 aliphatic carbocycles. The molecular formula is C15H21N3O2S. The number of aromatic nitrogens is 2. The molecule has 2 heterocycles. The summed E-state index contributed by atoms with van der Waals surface area (Å²) < 4.78 is 25.5. The fraction of sp³-hybridized carbons (Fsp3) is 0.533. The third-order valence-corrected chi connectivity index (χ3v) is 5.67. The van der Waals surface area contributed by atoms with Crippen molar-refractivity contribution in [2.45, 2.75) is 36.6 Å². The van der Waals surface area contributed by atoms with E-state index in [-0.39, 0.29) is 5.54 Å². The van der Waals surface area contributed by atoms with Crippen molar-refractivity contribution in [3.8, 4) is 0 Å². The summed E-state index contributed by atoms with van der Waals surface area (Å²) in [6.45, 7) is 3.17. The SMILES string of the molecule is CCC1(c2nc3cc(S(C)(=O)=O)ccc3n2C)CCCN1. The molecule has 1 aromatic carbocycles. The summed E-state index contributed by atoms with van der Waals surface area (Å²) in [5.41, 5.74) is 1.63. The predicted molar refractivity (Wildman–Crippen MR) is 83.0 cm³/mol. The Kier molecular flexibility index (Phi) is 3.33. The maximum atomic E-state index is 11.7. The largest absolute Gasteiger partial charge is 0.330 e. The number of rotatable bonds is 3. The van der Waals surface area contributed by atoms with Gasteiger partial charge in [0.1, 0.15) is 5.82 Å². The van der Waals surface area contributed by atoms with Crippen LogP contribution in [0.15, 0.2) is 23.1 Å². The lowest BCUT2D eigenvalue weighted by molar-refractivity contribution is 0.345. The zero-order chi connectivity index (χ0) is 15.3. The van der Waals surface area contributed by atoms with Crippen LogP contribution in [-0.4, -0.2) is 30.8 Å². The second kappa shape index (κ2) is 4.81. The highest BCUT2D eigenvalue weighted by Crippen LogP contribution is 2.35. The molecule has 1 aromatic heterocycles. The zero-order valence-electron chi connectivity index (χ0n) is 12.7. The van der Waals surface area contributed by atoms with Gasteiger partial charge < -0.3 is 9.88 Å². The highest BCUT2D eigenvalue weighted by atomic mass is 32.2. The van der Waals surface area contributed by atoms with Gasteiger partial charge in [-0.3, -0.25) is 0 Å². The molecule has 3 rings (SSSR count). The lowest BCUT2D eigenvalue weighted by atomic mass is 9.93. The molecule has 2 aromatic rings. The first-order valence-corrected chi connectivity index (χ1v) is 9.18. The Bertz CT molecular complexity index is 787. The number of nitrogens with zero attached hydrogens (tertiary/aromatic N) is 2. The minimum atomic E-state index is -3.20. The Morgan fingerprint density at radius 2 is 2.19 bits per heavy atom. The number of fused-ring (bicyclic) bond motifs is 1. The molecule has 0 amide bonds. The Labute approximate surface area is 125 Å². The van der Waals surface area contributed by atoms with Gasteiger partial charge in [-0.25, -0.2) is 13.4 Å². The summed E-state index contributed by atoms with van der Waals surface area (Å²) >= 11 is 0. The first-order valence-electron chi connectivity index (χ1n) is 7.29. The van der Waals surface area contributed by atoms with Crippen LogP contribution in [0.25, 0.3) is 11.0 Å². The maximum Gasteiger partial charge on any atom is 0.175 e. The molecule has 1 unspecified atom stereocenters. The fourth-order valence-electron chi connectivity index (χ4n) is 3.30. The van der Waals surface area contributed by atoms with E-state index < -0.39 is 9.84 Å². The van der Waals surface area contributed by atoms with Gasteiger partial charge in [-0.2, -0.15) is 0 Å². The minimum Gasteiger partial charge on any atom is -0.330 e. The maximum absolute atomic E-state index is 11.7. The van der Waals surface area contributed by atoms with Crippen LogP contribution in [0.2, 0.25) is 0 Å². The molecule has 0 spiro atoms. The third kappa shape index (κ3) is 2.26. The van der Waals surface area contributed by atoms with Crippen molar-refractivity contribution in [3.63, 3.8) is 0 Å². The first-order chi connectivity index (χ1) is 9.87. The third-order valence-electron chi connectivity index (χ3n) is 4.56. The molecule has 1 aliphatic heterocycles. The number of benzene rings is 1. The number of hydrogen-bond donors (Lipinski definition) is 1. The van der Waals surface area contributed by atoms with Gasteiger partial charge >= 0.3 is 0 Å². The van der Waals surface area contributed by atoms with Crippen molar-refractivity contribution in [3.05, 3.63) is 24.0 Å². The summed E-state index contributed by atoms with van der Waals surface area (Å²) in [5, 5.41) is 3.58. The minimum absolute atomic E-state index is 0.0843. The van der Waals surface area contributed by atoms with Gasteiger partial charge in [0.2, 0.25) is 0 Å². The van der Waals surface area contributed by atoms with Crippen LogP contribution in [0.4, 0.5) is 0 Å². The highest BCUT2D eigenvalue weighted by Gasteiger charge is 2.37. The summed E-state index contributed by atoms with van der Waals surface area (Å²) in [6, 6.07) is 5.18. The Balaban J connectivity index is 2.20. The summed E-state index contributed by atoms with van der Waals surface area (Å²) in [4.78, 5) is 5.07. The molecular weight excluding hydrogens is 286 g/mol. The molecule has 1 aliphatic rings. The van der Waals surface area contributed by atoms with Crippen molar-refractivity contribution in [2.75, 3.05) is 12.8 Å². The van der Waals surface area contributed by atoms with E-state index in [1.54, 1.807) is 12.1 Å². The standard InChI is InChI=1S/C15H21N3O2S/c1-4-15(8-5-9-16-15)14-17-12-10-11(21(3,19)20)6-7-13(12)18(14)2/h6-7,10,16H,4-5,8-9H2,1-3H3. The monoisotopic (exact) mass is 307 g/mol. The molecule has 0 bridgehead atoms. The van der Waals surface area contributed by atoms with Crippen molar-refractivity contribution < 1.29 is 8.42 Å². The van der Waals surface area contributed by atoms with E-state index in [2.05, 4.69) is 16.8 Å². The van der Waals surface area contributed by atoms with Crippen LogP contribution >= 0.6 is 0 Å². The second-order valence-electron chi connectivity index (χ2n) is 5.88. The Morgan fingerprint density at radius 3 is 2.76 bits per heavy atom. The lowest BCUT2D eigenvalue weighted by Gasteiger charge is -2.27.